The molecular formula is C15H14BrN3OS2. The van der Waals surface area contributed by atoms with E-state index in [0.717, 1.165) is 21.6 Å². The Labute approximate surface area is 144 Å². The van der Waals surface area contributed by atoms with Crippen LogP contribution in [-0.4, -0.2) is 22.4 Å². The lowest BCUT2D eigenvalue weighted by Crippen LogP contribution is -2.25. The molecule has 0 unspecified atom stereocenters. The third-order valence-electron chi connectivity index (χ3n) is 3.08. The number of rotatable bonds is 5. The molecule has 2 N–H and O–H groups in total. The minimum atomic E-state index is -0.0856. The normalized spacial score (nSPS) is 10.8. The van der Waals surface area contributed by atoms with Crippen LogP contribution < -0.4 is 5.32 Å². The van der Waals surface area contributed by atoms with Gasteiger partial charge in [0.2, 0.25) is 0 Å². The number of halogens is 1. The lowest BCUT2D eigenvalue weighted by Gasteiger charge is -2.02. The van der Waals surface area contributed by atoms with Gasteiger partial charge in [0.1, 0.15) is 5.69 Å². The second-order valence-corrected chi connectivity index (χ2v) is 7.90. The maximum absolute atomic E-state index is 11.9. The van der Waals surface area contributed by atoms with Gasteiger partial charge >= 0.3 is 0 Å². The molecule has 0 bridgehead atoms. The first kappa shape index (κ1) is 15.5. The highest BCUT2D eigenvalue weighted by atomic mass is 79.9. The topological polar surface area (TPSA) is 57.8 Å². The second kappa shape index (κ2) is 6.76. The molecular weight excluding hydrogens is 382 g/mol. The van der Waals surface area contributed by atoms with Gasteiger partial charge in [0.25, 0.3) is 5.91 Å². The molecule has 0 spiro atoms. The molecule has 7 heteroatoms. The zero-order valence-corrected chi connectivity index (χ0v) is 15.1. The van der Waals surface area contributed by atoms with E-state index in [9.17, 15) is 4.79 Å². The Morgan fingerprint density at radius 3 is 3.00 bits per heavy atom. The zero-order valence-electron chi connectivity index (χ0n) is 11.9. The Morgan fingerprint density at radius 1 is 1.45 bits per heavy atom. The zero-order chi connectivity index (χ0) is 15.5. The quantitative estimate of drug-likeness (QED) is 0.678. The van der Waals surface area contributed by atoms with Gasteiger partial charge in [-0.2, -0.15) is 0 Å². The molecule has 3 aromatic heterocycles. The molecule has 3 aromatic rings. The second-order valence-electron chi connectivity index (χ2n) is 4.76. The number of carbonyl (C=O) groups is 1. The summed E-state index contributed by atoms with van der Waals surface area (Å²) >= 11 is 6.71. The first-order valence-corrected chi connectivity index (χ1v) is 9.24. The van der Waals surface area contributed by atoms with Crippen LogP contribution >= 0.6 is 38.6 Å². The van der Waals surface area contributed by atoms with Gasteiger partial charge in [0.05, 0.1) is 15.6 Å². The summed E-state index contributed by atoms with van der Waals surface area (Å²) in [6, 6.07) is 5.97. The molecule has 3 heterocycles. The maximum Gasteiger partial charge on any atom is 0.267 e. The van der Waals surface area contributed by atoms with Crippen molar-refractivity contribution in [3.63, 3.8) is 0 Å². The number of nitrogens with zero attached hydrogens (tertiary/aromatic N) is 1. The highest BCUT2D eigenvalue weighted by molar-refractivity contribution is 9.10. The van der Waals surface area contributed by atoms with Crippen molar-refractivity contribution in [1.29, 1.82) is 0 Å². The van der Waals surface area contributed by atoms with Crippen molar-refractivity contribution < 1.29 is 4.79 Å². The molecule has 0 saturated carbocycles. The molecule has 0 aliphatic heterocycles. The van der Waals surface area contributed by atoms with Crippen LogP contribution in [0.25, 0.3) is 10.6 Å². The van der Waals surface area contributed by atoms with Crippen molar-refractivity contribution in [2.24, 2.45) is 0 Å². The number of hydrogen-bond donors (Lipinski definition) is 2. The lowest BCUT2D eigenvalue weighted by molar-refractivity contribution is 0.0950. The standard InChI is InChI=1S/C15H14BrN3OS2/c1-9-19-13(8-21-9)14-3-2-11(22-14)4-5-17-15(20)12-6-10(16)7-18-12/h2-3,6-8,18H,4-5H2,1H3,(H,17,20). The van der Waals surface area contributed by atoms with Crippen LogP contribution in [-0.2, 0) is 6.42 Å². The summed E-state index contributed by atoms with van der Waals surface area (Å²) < 4.78 is 0.874. The van der Waals surface area contributed by atoms with E-state index in [2.05, 4.69) is 48.7 Å². The fourth-order valence-corrected chi connectivity index (χ4v) is 4.02. The molecule has 114 valence electrons. The van der Waals surface area contributed by atoms with Crippen molar-refractivity contribution in [2.45, 2.75) is 13.3 Å². The molecule has 0 radical (unpaired) electrons. The minimum Gasteiger partial charge on any atom is -0.356 e. The first-order chi connectivity index (χ1) is 10.6. The van der Waals surface area contributed by atoms with Crippen LogP contribution in [0.1, 0.15) is 20.4 Å². The van der Waals surface area contributed by atoms with Crippen molar-refractivity contribution >= 4 is 44.5 Å². The molecule has 0 aromatic carbocycles. The summed E-state index contributed by atoms with van der Waals surface area (Å²) in [5.41, 5.74) is 1.61. The van der Waals surface area contributed by atoms with Crippen molar-refractivity contribution in [3.8, 4) is 10.6 Å². The van der Waals surface area contributed by atoms with Gasteiger partial charge in [-0.3, -0.25) is 4.79 Å². The number of thiophene rings is 1. The predicted molar refractivity (Wildman–Crippen MR) is 94.7 cm³/mol. The molecule has 0 atom stereocenters. The Bertz CT molecular complexity index is 790. The van der Waals surface area contributed by atoms with Crippen LogP contribution in [0.3, 0.4) is 0 Å². The Balaban J connectivity index is 1.54. The Kier molecular flexibility index (Phi) is 4.75. The molecule has 3 rings (SSSR count). The number of aromatic amines is 1. The van der Waals surface area contributed by atoms with Crippen molar-refractivity contribution in [1.82, 2.24) is 15.3 Å². The predicted octanol–water partition coefficient (Wildman–Crippen LogP) is 4.24. The SMILES string of the molecule is Cc1nc(-c2ccc(CCNC(=O)c3cc(Br)c[nH]3)s2)cs1. The average Bonchev–Trinajstić information content (AvgIpc) is 3.19. The average molecular weight is 396 g/mol. The molecule has 4 nitrogen and oxygen atoms in total. The highest BCUT2D eigenvalue weighted by Crippen LogP contribution is 2.29. The van der Waals surface area contributed by atoms with Gasteiger partial charge < -0.3 is 10.3 Å². The van der Waals surface area contributed by atoms with Gasteiger partial charge in [0, 0.05) is 27.5 Å². The summed E-state index contributed by atoms with van der Waals surface area (Å²) in [6.45, 7) is 2.63. The van der Waals surface area contributed by atoms with E-state index in [4.69, 9.17) is 0 Å². The summed E-state index contributed by atoms with van der Waals surface area (Å²) in [5, 5.41) is 6.07. The summed E-state index contributed by atoms with van der Waals surface area (Å²) in [4.78, 5) is 21.7. The van der Waals surface area contributed by atoms with Gasteiger partial charge in [-0.1, -0.05) is 0 Å². The maximum atomic E-state index is 11.9. The van der Waals surface area contributed by atoms with Gasteiger partial charge in [-0.15, -0.1) is 22.7 Å². The molecule has 0 aliphatic rings. The largest absolute Gasteiger partial charge is 0.356 e. The first-order valence-electron chi connectivity index (χ1n) is 6.75. The molecule has 0 saturated heterocycles. The van der Waals surface area contributed by atoms with Gasteiger partial charge in [-0.05, 0) is 47.5 Å². The van der Waals surface area contributed by atoms with Crippen molar-refractivity contribution in [3.05, 3.63) is 49.8 Å². The molecule has 1 amide bonds. The van der Waals surface area contributed by atoms with E-state index in [1.165, 1.54) is 9.75 Å². The fourth-order valence-electron chi connectivity index (χ4n) is 2.02. The fraction of sp³-hybridized carbons (Fsp3) is 0.200. The van der Waals surface area contributed by atoms with Crippen LogP contribution in [0.5, 0.6) is 0 Å². The molecule has 22 heavy (non-hydrogen) atoms. The third-order valence-corrected chi connectivity index (χ3v) is 5.48. The monoisotopic (exact) mass is 395 g/mol. The molecule has 0 fully saturated rings. The van der Waals surface area contributed by atoms with Crippen LogP contribution in [0.2, 0.25) is 0 Å². The van der Waals surface area contributed by atoms with Crippen LogP contribution in [0.15, 0.2) is 34.2 Å². The number of aromatic nitrogens is 2. The number of nitrogens with one attached hydrogen (secondary N) is 2. The number of thiazole rings is 1. The Hall–Kier alpha value is -1.44. The van der Waals surface area contributed by atoms with E-state index >= 15 is 0 Å². The Morgan fingerprint density at radius 2 is 2.32 bits per heavy atom. The summed E-state index contributed by atoms with van der Waals surface area (Å²) in [7, 11) is 0. The van der Waals surface area contributed by atoms with E-state index in [0.29, 0.717) is 12.2 Å². The van der Waals surface area contributed by atoms with Crippen LogP contribution in [0, 0.1) is 6.92 Å². The smallest absolute Gasteiger partial charge is 0.267 e. The number of aryl methyl sites for hydroxylation is 1. The lowest BCUT2D eigenvalue weighted by atomic mass is 10.3. The number of amides is 1. The summed E-state index contributed by atoms with van der Waals surface area (Å²) in [5.74, 6) is -0.0856. The number of H-pyrrole nitrogens is 1. The highest BCUT2D eigenvalue weighted by Gasteiger charge is 2.09. The minimum absolute atomic E-state index is 0.0856. The van der Waals surface area contributed by atoms with E-state index in [-0.39, 0.29) is 5.91 Å². The molecule has 0 aliphatic carbocycles. The van der Waals surface area contributed by atoms with E-state index in [1.54, 1.807) is 34.9 Å². The van der Waals surface area contributed by atoms with Crippen molar-refractivity contribution in [2.75, 3.05) is 6.54 Å². The third kappa shape index (κ3) is 3.66. The van der Waals surface area contributed by atoms with E-state index in [1.807, 2.05) is 6.92 Å². The number of hydrogen-bond acceptors (Lipinski definition) is 4. The number of carbonyl (C=O) groups excluding carboxylic acids is 1. The van der Waals surface area contributed by atoms with Gasteiger partial charge in [0.15, 0.2) is 0 Å². The van der Waals surface area contributed by atoms with E-state index < -0.39 is 0 Å². The summed E-state index contributed by atoms with van der Waals surface area (Å²) in [6.07, 6.45) is 2.57. The van der Waals surface area contributed by atoms with Crippen LogP contribution in [0.4, 0.5) is 0 Å². The van der Waals surface area contributed by atoms with Gasteiger partial charge in [-0.25, -0.2) is 4.98 Å².